The molecule has 2 aromatic rings. The molecule has 0 amide bonds. The lowest BCUT2D eigenvalue weighted by atomic mass is 10.0. The fraction of sp³-hybridized carbons (Fsp3) is 0.533. The third-order valence-electron chi connectivity index (χ3n) is 4.29. The van der Waals surface area contributed by atoms with E-state index in [1.807, 2.05) is 0 Å². The second kappa shape index (κ2) is 5.78. The maximum Gasteiger partial charge on any atom is 0.329 e. The van der Waals surface area contributed by atoms with Crippen LogP contribution < -0.4 is 4.90 Å². The number of aromatic nitrogens is 3. The number of fused-ring (bicyclic) bond motifs is 1. The van der Waals surface area contributed by atoms with Gasteiger partial charge >= 0.3 is 6.05 Å². The Balaban J connectivity index is 2.24. The molecule has 1 saturated heterocycles. The van der Waals surface area contributed by atoms with Crippen LogP contribution >= 0.6 is 11.6 Å². The van der Waals surface area contributed by atoms with E-state index in [0.717, 1.165) is 4.90 Å². The highest BCUT2D eigenvalue weighted by Gasteiger charge is 2.45. The summed E-state index contributed by atoms with van der Waals surface area (Å²) in [5.41, 5.74) is 0.0504. The van der Waals surface area contributed by atoms with Crippen molar-refractivity contribution >= 4 is 28.3 Å². The molecule has 2 aromatic heterocycles. The summed E-state index contributed by atoms with van der Waals surface area (Å²) in [6.07, 6.45) is 3.05. The van der Waals surface area contributed by atoms with E-state index in [1.54, 1.807) is 0 Å². The van der Waals surface area contributed by atoms with Crippen molar-refractivity contribution in [3.63, 3.8) is 0 Å². The Hall–Kier alpha value is -1.63. The molecule has 0 aliphatic carbocycles. The van der Waals surface area contributed by atoms with Crippen molar-refractivity contribution in [3.8, 4) is 0 Å². The molecule has 1 unspecified atom stereocenters. The Morgan fingerprint density at radius 2 is 2.04 bits per heavy atom. The number of halogens is 4. The quantitative estimate of drug-likeness (QED) is 0.570. The molecule has 23 heavy (non-hydrogen) atoms. The molecule has 0 bridgehead atoms. The number of anilines is 1. The van der Waals surface area contributed by atoms with Crippen LogP contribution in [-0.4, -0.2) is 27.5 Å². The van der Waals surface area contributed by atoms with Crippen molar-refractivity contribution in [3.05, 3.63) is 23.0 Å². The number of hydrogen-bond acceptors (Lipinski definition) is 4. The van der Waals surface area contributed by atoms with Gasteiger partial charge in [-0.25, -0.2) is 9.37 Å². The number of nitrogens with zero attached hydrogens (tertiary/aromatic N) is 4. The highest BCUT2D eigenvalue weighted by atomic mass is 35.5. The molecule has 124 valence electrons. The van der Waals surface area contributed by atoms with Crippen LogP contribution in [0.5, 0.6) is 0 Å². The molecular formula is C15H16ClF3N4. The van der Waals surface area contributed by atoms with Gasteiger partial charge in [-0.15, -0.1) is 0 Å². The minimum absolute atomic E-state index is 0.0647. The molecule has 0 N–H and O–H groups in total. The van der Waals surface area contributed by atoms with E-state index < -0.39 is 17.8 Å². The van der Waals surface area contributed by atoms with E-state index in [0.29, 0.717) is 19.3 Å². The van der Waals surface area contributed by atoms with Gasteiger partial charge in [-0.3, -0.25) is 9.88 Å². The van der Waals surface area contributed by atoms with Crippen LogP contribution in [0.15, 0.2) is 6.20 Å². The zero-order valence-corrected chi connectivity index (χ0v) is 13.5. The van der Waals surface area contributed by atoms with E-state index in [1.165, 1.54) is 20.0 Å². The van der Waals surface area contributed by atoms with Gasteiger partial charge in [-0.1, -0.05) is 13.3 Å². The summed E-state index contributed by atoms with van der Waals surface area (Å²) in [5.74, 6) is -1.57. The van der Waals surface area contributed by atoms with Crippen molar-refractivity contribution in [1.82, 2.24) is 15.0 Å². The molecule has 4 nitrogen and oxygen atoms in total. The fourth-order valence-electron chi connectivity index (χ4n) is 2.87. The minimum Gasteiger partial charge on any atom is -0.297 e. The summed E-state index contributed by atoms with van der Waals surface area (Å²) >= 11 is 5.86. The first kappa shape index (κ1) is 16.2. The molecule has 0 radical (unpaired) electrons. The fourth-order valence-corrected chi connectivity index (χ4v) is 3.03. The molecule has 0 spiro atoms. The van der Waals surface area contributed by atoms with Gasteiger partial charge in [0.1, 0.15) is 11.3 Å². The summed E-state index contributed by atoms with van der Waals surface area (Å²) < 4.78 is 43.8. The molecule has 0 aromatic carbocycles. The van der Waals surface area contributed by atoms with Gasteiger partial charge in [0.2, 0.25) is 5.28 Å². The Morgan fingerprint density at radius 1 is 1.30 bits per heavy atom. The highest BCUT2D eigenvalue weighted by Crippen LogP contribution is 2.40. The average Bonchev–Trinajstić information content (AvgIpc) is 2.62. The molecule has 3 rings (SSSR count). The Morgan fingerprint density at radius 3 is 2.78 bits per heavy atom. The average molecular weight is 345 g/mol. The Kier molecular flexibility index (Phi) is 4.08. The van der Waals surface area contributed by atoms with Gasteiger partial charge in [-0.2, -0.15) is 13.8 Å². The second-order valence-corrected chi connectivity index (χ2v) is 6.21. The molecular weight excluding hydrogens is 329 g/mol. The van der Waals surface area contributed by atoms with Crippen LogP contribution in [0.3, 0.4) is 0 Å². The topological polar surface area (TPSA) is 41.9 Å². The van der Waals surface area contributed by atoms with Gasteiger partial charge in [0.05, 0.1) is 11.1 Å². The smallest absolute Gasteiger partial charge is 0.297 e. The van der Waals surface area contributed by atoms with Crippen LogP contribution in [0.25, 0.3) is 10.9 Å². The number of rotatable bonds is 1. The van der Waals surface area contributed by atoms with E-state index in [9.17, 15) is 13.2 Å². The number of pyridine rings is 1. The van der Waals surface area contributed by atoms with Crippen molar-refractivity contribution in [2.45, 2.75) is 39.2 Å². The summed E-state index contributed by atoms with van der Waals surface area (Å²) in [4.78, 5) is 12.6. The Labute approximate surface area is 136 Å². The Bertz CT molecular complexity index is 753. The van der Waals surface area contributed by atoms with Crippen molar-refractivity contribution < 1.29 is 13.2 Å². The minimum atomic E-state index is -3.09. The predicted molar refractivity (Wildman–Crippen MR) is 82.3 cm³/mol. The van der Waals surface area contributed by atoms with Gasteiger partial charge in [0.25, 0.3) is 0 Å². The summed E-state index contributed by atoms with van der Waals surface area (Å²) in [5, 5.41) is -0.115. The first-order valence-electron chi connectivity index (χ1n) is 7.46. The van der Waals surface area contributed by atoms with Crippen molar-refractivity contribution in [2.75, 3.05) is 11.4 Å². The van der Waals surface area contributed by atoms with Crippen LogP contribution in [0, 0.1) is 18.7 Å². The standard InChI is InChI=1S/C15H16ClF3N4/c1-8-5-3-4-6-23(15(8,18)19)13-10-7-20-9(2)11(17)12(10)21-14(16)22-13/h7-8H,3-6H2,1-2H3. The van der Waals surface area contributed by atoms with Gasteiger partial charge in [0, 0.05) is 18.7 Å². The maximum absolute atomic E-state index is 14.8. The van der Waals surface area contributed by atoms with Crippen LogP contribution in [-0.2, 0) is 0 Å². The van der Waals surface area contributed by atoms with E-state index in [4.69, 9.17) is 11.6 Å². The molecule has 0 saturated carbocycles. The molecule has 8 heteroatoms. The molecule has 1 atom stereocenters. The van der Waals surface area contributed by atoms with Gasteiger partial charge < -0.3 is 0 Å². The third-order valence-corrected chi connectivity index (χ3v) is 4.46. The van der Waals surface area contributed by atoms with Gasteiger partial charge in [-0.05, 0) is 31.4 Å². The summed E-state index contributed by atoms with van der Waals surface area (Å²) in [7, 11) is 0. The second-order valence-electron chi connectivity index (χ2n) is 5.87. The SMILES string of the molecule is Cc1ncc2c(N3CCCCC(C)C3(F)F)nc(Cl)nc2c1F. The zero-order chi connectivity index (χ0) is 16.8. The first-order valence-corrected chi connectivity index (χ1v) is 7.84. The predicted octanol–water partition coefficient (Wildman–Crippen LogP) is 4.34. The highest BCUT2D eigenvalue weighted by molar-refractivity contribution is 6.28. The summed E-state index contributed by atoms with van der Waals surface area (Å²) in [6, 6.07) is -3.09. The number of hydrogen-bond donors (Lipinski definition) is 0. The maximum atomic E-state index is 14.8. The molecule has 3 heterocycles. The van der Waals surface area contributed by atoms with E-state index >= 15 is 0 Å². The van der Waals surface area contributed by atoms with Crippen LogP contribution in [0.2, 0.25) is 5.28 Å². The first-order chi connectivity index (χ1) is 10.8. The van der Waals surface area contributed by atoms with Crippen LogP contribution in [0.4, 0.5) is 19.0 Å². The lowest BCUT2D eigenvalue weighted by Gasteiger charge is -2.34. The molecule has 1 aliphatic rings. The van der Waals surface area contributed by atoms with E-state index in [2.05, 4.69) is 15.0 Å². The monoisotopic (exact) mass is 344 g/mol. The lowest BCUT2D eigenvalue weighted by Crippen LogP contribution is -2.46. The van der Waals surface area contributed by atoms with E-state index in [-0.39, 0.29) is 34.2 Å². The van der Waals surface area contributed by atoms with Crippen molar-refractivity contribution in [1.29, 1.82) is 0 Å². The lowest BCUT2D eigenvalue weighted by molar-refractivity contribution is -0.0513. The van der Waals surface area contributed by atoms with Crippen LogP contribution in [0.1, 0.15) is 31.9 Å². The summed E-state index contributed by atoms with van der Waals surface area (Å²) in [6.45, 7) is 3.11. The largest absolute Gasteiger partial charge is 0.329 e. The number of alkyl halides is 2. The normalized spacial score (nSPS) is 21.5. The third kappa shape index (κ3) is 2.71. The number of aryl methyl sites for hydroxylation is 1. The molecule has 1 fully saturated rings. The molecule has 1 aliphatic heterocycles. The van der Waals surface area contributed by atoms with Gasteiger partial charge in [0.15, 0.2) is 5.82 Å². The zero-order valence-electron chi connectivity index (χ0n) is 12.8. The van der Waals surface area contributed by atoms with Crippen molar-refractivity contribution in [2.24, 2.45) is 5.92 Å².